The van der Waals surface area contributed by atoms with Gasteiger partial charge in [-0.3, -0.25) is 0 Å². The standard InChI is InChI=1S/C12H10Cl2N2O/c1-7-12(15)11(16-17-7)5-3-8-2-4-9(13)6-10(8)14/h2-6H,15H2,1H3/b5-3+. The number of hydrogen-bond acceptors (Lipinski definition) is 3. The molecule has 0 fully saturated rings. The predicted octanol–water partition coefficient (Wildman–Crippen LogP) is 4.04. The molecule has 1 aromatic heterocycles. The highest BCUT2D eigenvalue weighted by molar-refractivity contribution is 6.35. The number of anilines is 1. The summed E-state index contributed by atoms with van der Waals surface area (Å²) >= 11 is 11.8. The Morgan fingerprint density at radius 1 is 1.29 bits per heavy atom. The van der Waals surface area contributed by atoms with Crippen LogP contribution in [-0.4, -0.2) is 5.16 Å². The third-order valence-electron chi connectivity index (χ3n) is 2.32. The Hall–Kier alpha value is -1.45. The smallest absolute Gasteiger partial charge is 0.157 e. The van der Waals surface area contributed by atoms with Gasteiger partial charge in [0.25, 0.3) is 0 Å². The van der Waals surface area contributed by atoms with Crippen LogP contribution in [0.25, 0.3) is 12.2 Å². The Morgan fingerprint density at radius 2 is 2.06 bits per heavy atom. The minimum Gasteiger partial charge on any atom is -0.394 e. The summed E-state index contributed by atoms with van der Waals surface area (Å²) < 4.78 is 4.95. The van der Waals surface area contributed by atoms with Crippen LogP contribution in [0.5, 0.6) is 0 Å². The Labute approximate surface area is 109 Å². The van der Waals surface area contributed by atoms with Crippen LogP contribution in [0.3, 0.4) is 0 Å². The van der Waals surface area contributed by atoms with Gasteiger partial charge in [0.1, 0.15) is 11.4 Å². The van der Waals surface area contributed by atoms with Gasteiger partial charge in [-0.2, -0.15) is 0 Å². The number of aryl methyl sites for hydroxylation is 1. The Morgan fingerprint density at radius 3 is 2.65 bits per heavy atom. The fourth-order valence-electron chi connectivity index (χ4n) is 1.32. The Bertz CT molecular complexity index is 576. The van der Waals surface area contributed by atoms with E-state index in [9.17, 15) is 0 Å². The number of rotatable bonds is 2. The lowest BCUT2D eigenvalue weighted by molar-refractivity contribution is 0.397. The second-order valence-corrected chi connectivity index (χ2v) is 4.38. The highest BCUT2D eigenvalue weighted by Gasteiger charge is 2.05. The fraction of sp³-hybridized carbons (Fsp3) is 0.0833. The number of hydrogen-bond donors (Lipinski definition) is 1. The quantitative estimate of drug-likeness (QED) is 0.894. The van der Waals surface area contributed by atoms with E-state index in [1.54, 1.807) is 25.1 Å². The molecule has 0 saturated heterocycles. The minimum absolute atomic E-state index is 0.534. The second-order valence-electron chi connectivity index (χ2n) is 3.54. The first-order valence-corrected chi connectivity index (χ1v) is 5.68. The SMILES string of the molecule is Cc1onc(/C=C/c2ccc(Cl)cc2Cl)c1N. The van der Waals surface area contributed by atoms with Crippen LogP contribution in [0, 0.1) is 6.92 Å². The zero-order valence-corrected chi connectivity index (χ0v) is 10.6. The number of nitrogens with two attached hydrogens (primary N) is 1. The van der Waals surface area contributed by atoms with Crippen LogP contribution in [0.4, 0.5) is 5.69 Å². The van der Waals surface area contributed by atoms with Crippen molar-refractivity contribution >= 4 is 41.0 Å². The molecule has 3 nitrogen and oxygen atoms in total. The Kier molecular flexibility index (Phi) is 3.41. The molecule has 0 aliphatic heterocycles. The van der Waals surface area contributed by atoms with Crippen molar-refractivity contribution in [2.45, 2.75) is 6.92 Å². The lowest BCUT2D eigenvalue weighted by Gasteiger charge is -1.98. The maximum atomic E-state index is 6.03. The van der Waals surface area contributed by atoms with E-state index in [0.717, 1.165) is 5.56 Å². The number of nitrogen functional groups attached to an aromatic ring is 1. The van der Waals surface area contributed by atoms with Crippen molar-refractivity contribution < 1.29 is 4.52 Å². The van der Waals surface area contributed by atoms with Crippen molar-refractivity contribution in [1.82, 2.24) is 5.16 Å². The van der Waals surface area contributed by atoms with Gasteiger partial charge < -0.3 is 10.3 Å². The summed E-state index contributed by atoms with van der Waals surface area (Å²) in [7, 11) is 0. The van der Waals surface area contributed by atoms with Gasteiger partial charge in [0, 0.05) is 10.0 Å². The third kappa shape index (κ3) is 2.62. The first-order valence-electron chi connectivity index (χ1n) is 4.93. The van der Waals surface area contributed by atoms with Crippen molar-refractivity contribution in [3.8, 4) is 0 Å². The van der Waals surface area contributed by atoms with E-state index in [1.807, 2.05) is 12.1 Å². The maximum absolute atomic E-state index is 6.03. The van der Waals surface area contributed by atoms with Crippen LogP contribution >= 0.6 is 23.2 Å². The van der Waals surface area contributed by atoms with Crippen molar-refractivity contribution in [2.75, 3.05) is 5.73 Å². The van der Waals surface area contributed by atoms with Crippen molar-refractivity contribution in [3.63, 3.8) is 0 Å². The number of halogens is 2. The Balaban J connectivity index is 2.29. The molecule has 0 spiro atoms. The number of benzene rings is 1. The van der Waals surface area contributed by atoms with Crippen LogP contribution in [0.15, 0.2) is 22.7 Å². The summed E-state index contributed by atoms with van der Waals surface area (Å²) in [6.07, 6.45) is 3.56. The molecule has 0 bridgehead atoms. The highest BCUT2D eigenvalue weighted by atomic mass is 35.5. The zero-order chi connectivity index (χ0) is 12.4. The van der Waals surface area contributed by atoms with Gasteiger partial charge in [-0.05, 0) is 30.7 Å². The second kappa shape index (κ2) is 4.82. The molecule has 0 saturated carbocycles. The molecular weight excluding hydrogens is 259 g/mol. The van der Waals surface area contributed by atoms with E-state index >= 15 is 0 Å². The number of nitrogens with zero attached hydrogens (tertiary/aromatic N) is 1. The first kappa shape index (κ1) is 12.0. The molecule has 17 heavy (non-hydrogen) atoms. The van der Waals surface area contributed by atoms with E-state index in [-0.39, 0.29) is 0 Å². The van der Waals surface area contributed by atoms with Gasteiger partial charge in [-0.1, -0.05) is 40.5 Å². The summed E-state index contributed by atoms with van der Waals surface area (Å²) in [5.74, 6) is 0.604. The molecule has 0 amide bonds. The molecule has 1 aromatic carbocycles. The monoisotopic (exact) mass is 268 g/mol. The van der Waals surface area contributed by atoms with Gasteiger partial charge in [0.2, 0.25) is 0 Å². The predicted molar refractivity (Wildman–Crippen MR) is 71.0 cm³/mol. The average molecular weight is 269 g/mol. The molecule has 5 heteroatoms. The van der Waals surface area contributed by atoms with E-state index < -0.39 is 0 Å². The highest BCUT2D eigenvalue weighted by Crippen LogP contribution is 2.24. The van der Waals surface area contributed by atoms with Crippen LogP contribution in [-0.2, 0) is 0 Å². The van der Waals surface area contributed by atoms with Crippen LogP contribution in [0.1, 0.15) is 17.0 Å². The molecule has 2 aromatic rings. The van der Waals surface area contributed by atoms with E-state index in [4.69, 9.17) is 33.5 Å². The molecule has 0 unspecified atom stereocenters. The van der Waals surface area contributed by atoms with Crippen molar-refractivity contribution in [3.05, 3.63) is 45.3 Å². The summed E-state index contributed by atoms with van der Waals surface area (Å²) in [6.45, 7) is 1.76. The average Bonchev–Trinajstić information content (AvgIpc) is 2.59. The van der Waals surface area contributed by atoms with Crippen LogP contribution < -0.4 is 5.73 Å². The maximum Gasteiger partial charge on any atom is 0.157 e. The van der Waals surface area contributed by atoms with Gasteiger partial charge in [-0.15, -0.1) is 0 Å². The van der Waals surface area contributed by atoms with Gasteiger partial charge >= 0.3 is 0 Å². The fourth-order valence-corrected chi connectivity index (χ4v) is 1.79. The largest absolute Gasteiger partial charge is 0.394 e. The lowest BCUT2D eigenvalue weighted by Crippen LogP contribution is -1.87. The molecular formula is C12H10Cl2N2O. The normalized spacial score (nSPS) is 11.2. The summed E-state index contributed by atoms with van der Waals surface area (Å²) in [4.78, 5) is 0. The first-order chi connectivity index (χ1) is 8.08. The van der Waals surface area contributed by atoms with Gasteiger partial charge in [-0.25, -0.2) is 0 Å². The molecule has 0 aliphatic rings. The molecule has 1 heterocycles. The van der Waals surface area contributed by atoms with Crippen molar-refractivity contribution in [2.24, 2.45) is 0 Å². The van der Waals surface area contributed by atoms with E-state index in [1.165, 1.54) is 0 Å². The summed E-state index contributed by atoms with van der Waals surface area (Å²) in [6, 6.07) is 5.27. The van der Waals surface area contributed by atoms with Gasteiger partial charge in [0.15, 0.2) is 5.76 Å². The summed E-state index contributed by atoms with van der Waals surface area (Å²) in [5.41, 5.74) is 7.74. The molecule has 2 rings (SSSR count). The molecule has 0 aliphatic carbocycles. The molecule has 0 atom stereocenters. The van der Waals surface area contributed by atoms with E-state index in [0.29, 0.717) is 27.2 Å². The van der Waals surface area contributed by atoms with Crippen molar-refractivity contribution in [1.29, 1.82) is 0 Å². The summed E-state index contributed by atoms with van der Waals surface area (Å²) in [5, 5.41) is 5.00. The zero-order valence-electron chi connectivity index (χ0n) is 9.08. The van der Waals surface area contributed by atoms with E-state index in [2.05, 4.69) is 5.16 Å². The lowest BCUT2D eigenvalue weighted by atomic mass is 10.2. The molecule has 2 N–H and O–H groups in total. The minimum atomic E-state index is 0.534. The topological polar surface area (TPSA) is 52.0 Å². The third-order valence-corrected chi connectivity index (χ3v) is 2.88. The van der Waals surface area contributed by atoms with Gasteiger partial charge in [0.05, 0.1) is 0 Å². The number of aromatic nitrogens is 1. The molecule has 0 radical (unpaired) electrons. The molecule has 88 valence electrons. The van der Waals surface area contributed by atoms with Crippen LogP contribution in [0.2, 0.25) is 10.0 Å².